The number of carbonyl (C=O) groups is 1. The molecule has 25 heavy (non-hydrogen) atoms. The number of aliphatic hydroxyl groups is 1. The number of carbonyl (C=O) groups excluding carboxylic acids is 1. The van der Waals surface area contributed by atoms with Crippen molar-refractivity contribution in [1.82, 2.24) is 20.4 Å². The molecular weight excluding hydrogens is 320 g/mol. The van der Waals surface area contributed by atoms with Crippen LogP contribution in [0, 0.1) is 5.92 Å². The van der Waals surface area contributed by atoms with Gasteiger partial charge in [-0.2, -0.15) is 4.98 Å². The van der Waals surface area contributed by atoms with Crippen LogP contribution in [0.25, 0.3) is 0 Å². The molecule has 7 nitrogen and oxygen atoms in total. The molecule has 0 spiro atoms. The number of rotatable bonds is 5. The number of hydrogen-bond donors (Lipinski definition) is 2. The van der Waals surface area contributed by atoms with Crippen LogP contribution in [0.4, 0.5) is 4.79 Å². The zero-order chi connectivity index (χ0) is 17.6. The number of piperidine rings is 1. The van der Waals surface area contributed by atoms with Gasteiger partial charge in [0.25, 0.3) is 0 Å². The second-order valence-electron chi connectivity index (χ2n) is 6.49. The number of nitrogens with one attached hydrogen (secondary N) is 1. The summed E-state index contributed by atoms with van der Waals surface area (Å²) in [6, 6.07) is 9.46. The lowest BCUT2D eigenvalue weighted by Crippen LogP contribution is -2.45. The number of likely N-dealkylation sites (tertiary alicyclic amines) is 1. The Morgan fingerprint density at radius 3 is 2.76 bits per heavy atom. The van der Waals surface area contributed by atoms with Crippen molar-refractivity contribution in [3.63, 3.8) is 0 Å². The van der Waals surface area contributed by atoms with Gasteiger partial charge in [-0.05, 0) is 31.2 Å². The molecule has 0 radical (unpaired) electrons. The predicted octanol–water partition coefficient (Wildman–Crippen LogP) is 2.14. The van der Waals surface area contributed by atoms with Gasteiger partial charge >= 0.3 is 6.03 Å². The number of benzene rings is 1. The van der Waals surface area contributed by atoms with E-state index in [1.807, 2.05) is 37.3 Å². The molecule has 1 unspecified atom stereocenters. The van der Waals surface area contributed by atoms with Crippen molar-refractivity contribution in [3.05, 3.63) is 47.6 Å². The molecule has 0 saturated carbocycles. The molecule has 1 aliphatic heterocycles. The molecular formula is C18H24N4O3. The van der Waals surface area contributed by atoms with Crippen LogP contribution in [0.2, 0.25) is 0 Å². The topological polar surface area (TPSA) is 91.5 Å². The first-order chi connectivity index (χ1) is 12.2. The van der Waals surface area contributed by atoms with Gasteiger partial charge in [-0.25, -0.2) is 4.79 Å². The second kappa shape index (κ2) is 8.11. The Balaban J connectivity index is 1.53. The van der Waals surface area contributed by atoms with Gasteiger partial charge in [0, 0.05) is 19.7 Å². The molecule has 2 aromatic rings. The molecule has 3 rings (SSSR count). The Bertz CT molecular complexity index is 681. The van der Waals surface area contributed by atoms with Gasteiger partial charge in [0.1, 0.15) is 0 Å². The molecule has 134 valence electrons. The van der Waals surface area contributed by atoms with Gasteiger partial charge < -0.3 is 19.8 Å². The van der Waals surface area contributed by atoms with Crippen molar-refractivity contribution in [2.75, 3.05) is 19.7 Å². The summed E-state index contributed by atoms with van der Waals surface area (Å²) in [7, 11) is 0. The summed E-state index contributed by atoms with van der Waals surface area (Å²) >= 11 is 0. The summed E-state index contributed by atoms with van der Waals surface area (Å²) in [6.45, 7) is 3.36. The van der Waals surface area contributed by atoms with Crippen LogP contribution in [0.3, 0.4) is 0 Å². The fraction of sp³-hybridized carbons (Fsp3) is 0.500. The lowest BCUT2D eigenvalue weighted by molar-refractivity contribution is 0.135. The van der Waals surface area contributed by atoms with Gasteiger partial charge in [0.05, 0.1) is 12.5 Å². The van der Waals surface area contributed by atoms with E-state index in [1.54, 1.807) is 4.90 Å². The van der Waals surface area contributed by atoms with E-state index in [0.29, 0.717) is 37.1 Å². The van der Waals surface area contributed by atoms with Crippen molar-refractivity contribution in [2.24, 2.45) is 5.92 Å². The highest BCUT2D eigenvalue weighted by atomic mass is 16.5. The summed E-state index contributed by atoms with van der Waals surface area (Å²) in [5, 5.41) is 16.1. The fourth-order valence-electron chi connectivity index (χ4n) is 2.95. The minimum atomic E-state index is -0.323. The van der Waals surface area contributed by atoms with Gasteiger partial charge in [0.2, 0.25) is 5.89 Å². The first kappa shape index (κ1) is 17.4. The lowest BCUT2D eigenvalue weighted by atomic mass is 9.98. The van der Waals surface area contributed by atoms with Crippen LogP contribution in [-0.2, 0) is 6.42 Å². The Morgan fingerprint density at radius 2 is 2.08 bits per heavy atom. The zero-order valence-electron chi connectivity index (χ0n) is 14.4. The minimum absolute atomic E-state index is 0.127. The Labute approximate surface area is 147 Å². The van der Waals surface area contributed by atoms with E-state index in [-0.39, 0.29) is 18.7 Å². The Hall–Kier alpha value is -2.41. The van der Waals surface area contributed by atoms with Gasteiger partial charge in [-0.3, -0.25) is 0 Å². The van der Waals surface area contributed by atoms with Gasteiger partial charge in [0.15, 0.2) is 5.82 Å². The molecule has 2 heterocycles. The largest absolute Gasteiger partial charge is 0.396 e. The number of aromatic nitrogens is 2. The van der Waals surface area contributed by atoms with Gasteiger partial charge in [-0.15, -0.1) is 0 Å². The maximum atomic E-state index is 12.3. The quantitative estimate of drug-likeness (QED) is 0.867. The van der Waals surface area contributed by atoms with Crippen LogP contribution in [0.15, 0.2) is 34.9 Å². The van der Waals surface area contributed by atoms with Gasteiger partial charge in [-0.1, -0.05) is 35.5 Å². The molecule has 2 amide bonds. The normalized spacial score (nSPS) is 16.6. The first-order valence-electron chi connectivity index (χ1n) is 8.68. The van der Waals surface area contributed by atoms with Crippen LogP contribution >= 0.6 is 0 Å². The third-order valence-electron chi connectivity index (χ3n) is 4.57. The van der Waals surface area contributed by atoms with E-state index in [0.717, 1.165) is 18.4 Å². The number of nitrogens with zero attached hydrogens (tertiary/aromatic N) is 3. The maximum absolute atomic E-state index is 12.3. The molecule has 1 fully saturated rings. The van der Waals surface area contributed by atoms with E-state index in [1.165, 1.54) is 0 Å². The SMILES string of the molecule is CC(NC(=O)N1CCC(CO)CC1)c1noc(Cc2ccccc2)n1. The zero-order valence-corrected chi connectivity index (χ0v) is 14.4. The van der Waals surface area contributed by atoms with E-state index in [2.05, 4.69) is 15.5 Å². The van der Waals surface area contributed by atoms with Crippen LogP contribution in [0.1, 0.15) is 43.1 Å². The van der Waals surface area contributed by atoms with Crippen LogP contribution < -0.4 is 5.32 Å². The molecule has 7 heteroatoms. The molecule has 1 aromatic heterocycles. The maximum Gasteiger partial charge on any atom is 0.317 e. The minimum Gasteiger partial charge on any atom is -0.396 e. The molecule has 1 saturated heterocycles. The Kier molecular flexibility index (Phi) is 5.65. The monoisotopic (exact) mass is 344 g/mol. The van der Waals surface area contributed by atoms with Crippen molar-refractivity contribution in [2.45, 2.75) is 32.2 Å². The second-order valence-corrected chi connectivity index (χ2v) is 6.49. The average molecular weight is 344 g/mol. The highest BCUT2D eigenvalue weighted by molar-refractivity contribution is 5.74. The van der Waals surface area contributed by atoms with Crippen LogP contribution in [-0.4, -0.2) is 45.9 Å². The first-order valence-corrected chi connectivity index (χ1v) is 8.68. The fourth-order valence-corrected chi connectivity index (χ4v) is 2.95. The van der Waals surface area contributed by atoms with E-state index < -0.39 is 0 Å². The van der Waals surface area contributed by atoms with Crippen molar-refractivity contribution in [3.8, 4) is 0 Å². The summed E-state index contributed by atoms with van der Waals surface area (Å²) in [6.07, 6.45) is 2.24. The smallest absolute Gasteiger partial charge is 0.317 e. The highest BCUT2D eigenvalue weighted by Crippen LogP contribution is 2.17. The van der Waals surface area contributed by atoms with E-state index in [4.69, 9.17) is 4.52 Å². The van der Waals surface area contributed by atoms with Crippen molar-refractivity contribution in [1.29, 1.82) is 0 Å². The van der Waals surface area contributed by atoms with E-state index >= 15 is 0 Å². The van der Waals surface area contributed by atoms with Crippen molar-refractivity contribution >= 4 is 6.03 Å². The number of hydrogen-bond acceptors (Lipinski definition) is 5. The molecule has 1 aliphatic rings. The predicted molar refractivity (Wildman–Crippen MR) is 91.9 cm³/mol. The molecule has 1 aromatic carbocycles. The number of amides is 2. The molecule has 1 atom stereocenters. The third kappa shape index (κ3) is 4.57. The number of aliphatic hydroxyl groups excluding tert-OH is 1. The van der Waals surface area contributed by atoms with Crippen molar-refractivity contribution < 1.29 is 14.4 Å². The summed E-state index contributed by atoms with van der Waals surface area (Å²) in [5.41, 5.74) is 1.10. The summed E-state index contributed by atoms with van der Waals surface area (Å²) in [4.78, 5) is 18.5. The lowest BCUT2D eigenvalue weighted by Gasteiger charge is -2.31. The highest BCUT2D eigenvalue weighted by Gasteiger charge is 2.24. The molecule has 0 aliphatic carbocycles. The summed E-state index contributed by atoms with van der Waals surface area (Å²) < 4.78 is 5.29. The standard InChI is InChI=1S/C18H24N4O3/c1-13(19-18(24)22-9-7-15(12-23)8-10-22)17-20-16(25-21-17)11-14-5-3-2-4-6-14/h2-6,13,15,23H,7-12H2,1H3,(H,19,24). The molecule has 0 bridgehead atoms. The third-order valence-corrected chi connectivity index (χ3v) is 4.57. The molecule has 2 N–H and O–H groups in total. The summed E-state index contributed by atoms with van der Waals surface area (Å²) in [5.74, 6) is 1.31. The number of urea groups is 1. The average Bonchev–Trinajstić information content (AvgIpc) is 3.11. The van der Waals surface area contributed by atoms with E-state index in [9.17, 15) is 9.90 Å². The van der Waals surface area contributed by atoms with Crippen LogP contribution in [0.5, 0.6) is 0 Å². The Morgan fingerprint density at radius 1 is 1.36 bits per heavy atom.